The van der Waals surface area contributed by atoms with Crippen molar-refractivity contribution in [1.29, 1.82) is 0 Å². The number of carbonyl (C=O) groups is 1. The van der Waals surface area contributed by atoms with Crippen molar-refractivity contribution >= 4 is 45.0 Å². The van der Waals surface area contributed by atoms with Gasteiger partial charge in [-0.05, 0) is 36.2 Å². The van der Waals surface area contributed by atoms with Crippen LogP contribution in [0.4, 0.5) is 5.69 Å². The van der Waals surface area contributed by atoms with Gasteiger partial charge in [-0.2, -0.15) is 11.8 Å². The Labute approximate surface area is 180 Å². The average molecular weight is 455 g/mol. The fourth-order valence-electron chi connectivity index (χ4n) is 2.99. The zero-order valence-electron chi connectivity index (χ0n) is 16.2. The number of nitrogens with one attached hydrogen (secondary N) is 1. The van der Waals surface area contributed by atoms with Crippen molar-refractivity contribution in [2.24, 2.45) is 0 Å². The number of thioether (sulfide) groups is 1. The minimum atomic E-state index is -3.58. The largest absolute Gasteiger partial charge is 0.476 e. The van der Waals surface area contributed by atoms with Gasteiger partial charge >= 0.3 is 0 Å². The van der Waals surface area contributed by atoms with Gasteiger partial charge in [-0.25, -0.2) is 8.42 Å². The molecule has 156 valence electrons. The number of ether oxygens (including phenoxy) is 1. The maximum Gasteiger partial charge on any atom is 0.263 e. The summed E-state index contributed by atoms with van der Waals surface area (Å²) in [6.45, 7) is 2.46. The second-order valence-electron chi connectivity index (χ2n) is 6.78. The average Bonchev–Trinajstić information content (AvgIpc) is 2.67. The molecule has 0 spiro atoms. The first kappa shape index (κ1) is 21.8. The first-order chi connectivity index (χ1) is 13.8. The SMILES string of the molecule is Cc1ccccc1CSCCNC(=O)C1CN(S(C)(=O)=O)c2cc(Cl)ccc2O1. The van der Waals surface area contributed by atoms with E-state index in [1.165, 1.54) is 17.2 Å². The third-order valence-corrected chi connectivity index (χ3v) is 6.94. The second-order valence-corrected chi connectivity index (χ2v) is 10.2. The lowest BCUT2D eigenvalue weighted by molar-refractivity contribution is -0.127. The van der Waals surface area contributed by atoms with Gasteiger partial charge in [0.05, 0.1) is 18.5 Å². The maximum absolute atomic E-state index is 12.5. The molecule has 0 aromatic heterocycles. The van der Waals surface area contributed by atoms with Gasteiger partial charge in [-0.15, -0.1) is 0 Å². The number of hydrogen-bond acceptors (Lipinski definition) is 5. The van der Waals surface area contributed by atoms with E-state index in [2.05, 4.69) is 24.4 Å². The van der Waals surface area contributed by atoms with Gasteiger partial charge in [0, 0.05) is 23.1 Å². The monoisotopic (exact) mass is 454 g/mol. The molecule has 9 heteroatoms. The Bertz CT molecular complexity index is 998. The van der Waals surface area contributed by atoms with Crippen LogP contribution >= 0.6 is 23.4 Å². The third kappa shape index (κ3) is 5.58. The molecule has 0 aliphatic carbocycles. The van der Waals surface area contributed by atoms with Crippen LogP contribution in [0.5, 0.6) is 5.75 Å². The summed E-state index contributed by atoms with van der Waals surface area (Å²) >= 11 is 7.71. The normalized spacial score (nSPS) is 16.1. The molecule has 29 heavy (non-hydrogen) atoms. The molecule has 3 rings (SSSR count). The van der Waals surface area contributed by atoms with E-state index in [9.17, 15) is 13.2 Å². The summed E-state index contributed by atoms with van der Waals surface area (Å²) in [7, 11) is -3.58. The van der Waals surface area contributed by atoms with Crippen molar-refractivity contribution in [3.63, 3.8) is 0 Å². The summed E-state index contributed by atoms with van der Waals surface area (Å²) < 4.78 is 31.3. The zero-order valence-corrected chi connectivity index (χ0v) is 18.6. The van der Waals surface area contributed by atoms with Gasteiger partial charge in [0.1, 0.15) is 5.75 Å². The molecule has 1 unspecified atom stereocenters. The van der Waals surface area contributed by atoms with Crippen LogP contribution in [-0.2, 0) is 20.6 Å². The molecule has 6 nitrogen and oxygen atoms in total. The van der Waals surface area contributed by atoms with E-state index in [0.717, 1.165) is 22.1 Å². The van der Waals surface area contributed by atoms with Crippen molar-refractivity contribution < 1.29 is 17.9 Å². The number of benzene rings is 2. The van der Waals surface area contributed by atoms with Crippen LogP contribution in [0.1, 0.15) is 11.1 Å². The Kier molecular flexibility index (Phi) is 6.97. The number of halogens is 1. The Balaban J connectivity index is 1.56. The molecule has 1 N–H and O–H groups in total. The Hall–Kier alpha value is -1.90. The van der Waals surface area contributed by atoms with Crippen molar-refractivity contribution in [3.05, 3.63) is 58.6 Å². The summed E-state index contributed by atoms with van der Waals surface area (Å²) in [5.41, 5.74) is 2.87. The number of hydrogen-bond donors (Lipinski definition) is 1. The second kappa shape index (κ2) is 9.28. The van der Waals surface area contributed by atoms with E-state index < -0.39 is 16.1 Å². The van der Waals surface area contributed by atoms with Crippen LogP contribution in [0.2, 0.25) is 5.02 Å². The van der Waals surface area contributed by atoms with E-state index in [1.54, 1.807) is 23.9 Å². The molecule has 0 saturated carbocycles. The third-order valence-electron chi connectivity index (χ3n) is 4.55. The molecular formula is C20H23ClN2O4S2. The van der Waals surface area contributed by atoms with E-state index >= 15 is 0 Å². The Morgan fingerprint density at radius 2 is 2.07 bits per heavy atom. The predicted octanol–water partition coefficient (Wildman–Crippen LogP) is 3.23. The molecule has 1 heterocycles. The van der Waals surface area contributed by atoms with Gasteiger partial charge in [0.25, 0.3) is 5.91 Å². The number of aryl methyl sites for hydroxylation is 1. The van der Waals surface area contributed by atoms with Crippen molar-refractivity contribution in [2.75, 3.05) is 29.4 Å². The van der Waals surface area contributed by atoms with Gasteiger partial charge in [0.15, 0.2) is 6.10 Å². The Morgan fingerprint density at radius 1 is 1.31 bits per heavy atom. The molecule has 1 aliphatic heterocycles. The molecule has 0 bridgehead atoms. The van der Waals surface area contributed by atoms with Crippen LogP contribution in [0.25, 0.3) is 0 Å². The molecule has 1 amide bonds. The summed E-state index contributed by atoms with van der Waals surface area (Å²) in [5.74, 6) is 1.60. The summed E-state index contributed by atoms with van der Waals surface area (Å²) in [6.07, 6.45) is 0.181. The van der Waals surface area contributed by atoms with Crippen LogP contribution < -0.4 is 14.4 Å². The number of fused-ring (bicyclic) bond motifs is 1. The minimum Gasteiger partial charge on any atom is -0.476 e. The van der Waals surface area contributed by atoms with Crippen LogP contribution in [0, 0.1) is 6.92 Å². The smallest absolute Gasteiger partial charge is 0.263 e. The summed E-state index contributed by atoms with van der Waals surface area (Å²) in [4.78, 5) is 12.5. The number of nitrogens with zero attached hydrogens (tertiary/aromatic N) is 1. The highest BCUT2D eigenvalue weighted by Gasteiger charge is 2.35. The highest BCUT2D eigenvalue weighted by molar-refractivity contribution is 7.98. The number of rotatable bonds is 7. The summed E-state index contributed by atoms with van der Waals surface area (Å²) in [6, 6.07) is 12.9. The van der Waals surface area contributed by atoms with Crippen LogP contribution in [-0.4, -0.2) is 45.5 Å². The van der Waals surface area contributed by atoms with Crippen molar-refractivity contribution in [2.45, 2.75) is 18.8 Å². The van der Waals surface area contributed by atoms with E-state index in [0.29, 0.717) is 23.0 Å². The van der Waals surface area contributed by atoms with Crippen LogP contribution in [0.3, 0.4) is 0 Å². The molecule has 0 saturated heterocycles. The fourth-order valence-corrected chi connectivity index (χ4v) is 5.00. The standard InChI is InChI=1S/C20H23ClN2O4S2/c1-14-5-3-4-6-15(14)13-28-10-9-22-20(24)19-12-23(29(2,25)26)17-11-16(21)7-8-18(17)27-19/h3-8,11,19H,9-10,12-13H2,1-2H3,(H,22,24). The topological polar surface area (TPSA) is 75.7 Å². The Morgan fingerprint density at radius 3 is 2.79 bits per heavy atom. The highest BCUT2D eigenvalue weighted by Crippen LogP contribution is 2.37. The van der Waals surface area contributed by atoms with E-state index in [1.807, 2.05) is 12.1 Å². The quantitative estimate of drug-likeness (QED) is 0.650. The molecule has 2 aromatic carbocycles. The summed E-state index contributed by atoms with van der Waals surface area (Å²) in [5, 5.41) is 3.23. The zero-order chi connectivity index (χ0) is 21.0. The number of anilines is 1. The maximum atomic E-state index is 12.5. The number of amides is 1. The lowest BCUT2D eigenvalue weighted by Gasteiger charge is -2.34. The van der Waals surface area contributed by atoms with Crippen molar-refractivity contribution in [3.8, 4) is 5.75 Å². The lowest BCUT2D eigenvalue weighted by atomic mass is 10.1. The minimum absolute atomic E-state index is 0.0889. The predicted molar refractivity (Wildman–Crippen MR) is 118 cm³/mol. The van der Waals surface area contributed by atoms with Gasteiger partial charge in [0.2, 0.25) is 10.0 Å². The fraction of sp³-hybridized carbons (Fsp3) is 0.350. The molecule has 2 aromatic rings. The first-order valence-corrected chi connectivity index (χ1v) is 12.5. The van der Waals surface area contributed by atoms with Gasteiger partial charge in [-0.3, -0.25) is 9.10 Å². The van der Waals surface area contributed by atoms with Crippen LogP contribution in [0.15, 0.2) is 42.5 Å². The number of sulfonamides is 1. The number of carbonyl (C=O) groups excluding carboxylic acids is 1. The van der Waals surface area contributed by atoms with Gasteiger partial charge in [-0.1, -0.05) is 35.9 Å². The lowest BCUT2D eigenvalue weighted by Crippen LogP contribution is -2.50. The van der Waals surface area contributed by atoms with E-state index in [-0.39, 0.29) is 12.5 Å². The molecular weight excluding hydrogens is 432 g/mol. The molecule has 0 radical (unpaired) electrons. The molecule has 0 fully saturated rings. The van der Waals surface area contributed by atoms with Gasteiger partial charge < -0.3 is 10.1 Å². The molecule has 1 aliphatic rings. The molecule has 1 atom stereocenters. The van der Waals surface area contributed by atoms with Crippen molar-refractivity contribution in [1.82, 2.24) is 5.32 Å². The van der Waals surface area contributed by atoms with E-state index in [4.69, 9.17) is 16.3 Å². The first-order valence-electron chi connectivity index (χ1n) is 9.09. The highest BCUT2D eigenvalue weighted by atomic mass is 35.5.